The third kappa shape index (κ3) is 3.41. The van der Waals surface area contributed by atoms with Crippen LogP contribution in [0.25, 0.3) is 0 Å². The van der Waals surface area contributed by atoms with E-state index >= 15 is 0 Å². The van der Waals surface area contributed by atoms with Gasteiger partial charge in [-0.1, -0.05) is 30.3 Å². The molecule has 0 bridgehead atoms. The van der Waals surface area contributed by atoms with Crippen LogP contribution in [0.3, 0.4) is 0 Å². The first-order chi connectivity index (χ1) is 9.96. The minimum absolute atomic E-state index is 0.324. The lowest BCUT2D eigenvalue weighted by Crippen LogP contribution is -2.52. The first kappa shape index (κ1) is 15.9. The van der Waals surface area contributed by atoms with Gasteiger partial charge in [0.15, 0.2) is 0 Å². The Kier molecular flexibility index (Phi) is 4.96. The van der Waals surface area contributed by atoms with Gasteiger partial charge in [-0.3, -0.25) is 4.90 Å². The summed E-state index contributed by atoms with van der Waals surface area (Å²) in [5.74, 6) is 0. The summed E-state index contributed by atoms with van der Waals surface area (Å²) in [5, 5.41) is 9.41. The van der Waals surface area contributed by atoms with Crippen LogP contribution < -0.4 is 0 Å². The van der Waals surface area contributed by atoms with Gasteiger partial charge < -0.3 is 0 Å². The van der Waals surface area contributed by atoms with Gasteiger partial charge in [-0.25, -0.2) is 0 Å². The molecule has 1 fully saturated rings. The summed E-state index contributed by atoms with van der Waals surface area (Å²) in [6.45, 7) is 1.93. The number of hydrogen-bond donors (Lipinski definition) is 0. The number of rotatable bonds is 4. The van der Waals surface area contributed by atoms with Crippen molar-refractivity contribution in [2.75, 3.05) is 40.3 Å². The van der Waals surface area contributed by atoms with Gasteiger partial charge in [0, 0.05) is 40.3 Å². The SMILES string of the molecule is CN(C)S(=O)(=O)N1CCN([C@@H](C#N)c2ccccc2)CC1. The van der Waals surface area contributed by atoms with Crippen molar-refractivity contribution in [2.24, 2.45) is 0 Å². The summed E-state index contributed by atoms with van der Waals surface area (Å²) < 4.78 is 26.8. The molecule has 1 saturated heterocycles. The molecule has 21 heavy (non-hydrogen) atoms. The van der Waals surface area contributed by atoms with E-state index in [1.165, 1.54) is 22.7 Å². The van der Waals surface area contributed by atoms with Crippen molar-refractivity contribution in [3.63, 3.8) is 0 Å². The molecule has 0 aromatic heterocycles. The fraction of sp³-hybridized carbons (Fsp3) is 0.500. The Morgan fingerprint density at radius 1 is 1.14 bits per heavy atom. The Balaban J connectivity index is 2.06. The number of benzene rings is 1. The van der Waals surface area contributed by atoms with Gasteiger partial charge in [-0.2, -0.15) is 22.3 Å². The Bertz CT molecular complexity index is 602. The number of piperazine rings is 1. The third-order valence-electron chi connectivity index (χ3n) is 3.66. The van der Waals surface area contributed by atoms with Gasteiger partial charge in [0.2, 0.25) is 0 Å². The van der Waals surface area contributed by atoms with Crippen molar-refractivity contribution < 1.29 is 8.42 Å². The van der Waals surface area contributed by atoms with E-state index in [9.17, 15) is 13.7 Å². The number of hydrogen-bond acceptors (Lipinski definition) is 4. The largest absolute Gasteiger partial charge is 0.282 e. The highest BCUT2D eigenvalue weighted by molar-refractivity contribution is 7.86. The maximum Gasteiger partial charge on any atom is 0.281 e. The van der Waals surface area contributed by atoms with Crippen molar-refractivity contribution in [2.45, 2.75) is 6.04 Å². The molecule has 0 N–H and O–H groups in total. The predicted octanol–water partition coefficient (Wildman–Crippen LogP) is 0.675. The molecule has 1 aliphatic heterocycles. The van der Waals surface area contributed by atoms with Crippen LogP contribution in [0.5, 0.6) is 0 Å². The van der Waals surface area contributed by atoms with Gasteiger partial charge in [0.1, 0.15) is 6.04 Å². The highest BCUT2D eigenvalue weighted by Crippen LogP contribution is 2.22. The second-order valence-corrected chi connectivity index (χ2v) is 7.31. The summed E-state index contributed by atoms with van der Waals surface area (Å²) in [4.78, 5) is 2.02. The van der Waals surface area contributed by atoms with Crippen molar-refractivity contribution in [3.05, 3.63) is 35.9 Å². The van der Waals surface area contributed by atoms with Crippen LogP contribution in [0, 0.1) is 11.3 Å². The summed E-state index contributed by atoms with van der Waals surface area (Å²) in [6.07, 6.45) is 0. The fourth-order valence-electron chi connectivity index (χ4n) is 2.43. The van der Waals surface area contributed by atoms with E-state index in [1.807, 2.05) is 35.2 Å². The molecule has 6 nitrogen and oxygen atoms in total. The normalized spacial score (nSPS) is 19.3. The summed E-state index contributed by atoms with van der Waals surface area (Å²) >= 11 is 0. The van der Waals surface area contributed by atoms with Gasteiger partial charge >= 0.3 is 0 Å². The van der Waals surface area contributed by atoms with Crippen LogP contribution in [-0.2, 0) is 10.2 Å². The van der Waals surface area contributed by atoms with Gasteiger partial charge in [-0.15, -0.1) is 0 Å². The molecule has 1 aromatic rings. The first-order valence-corrected chi connectivity index (χ1v) is 8.22. The zero-order valence-electron chi connectivity index (χ0n) is 12.3. The molecule has 2 rings (SSSR count). The molecule has 0 amide bonds. The highest BCUT2D eigenvalue weighted by atomic mass is 32.2. The highest BCUT2D eigenvalue weighted by Gasteiger charge is 2.31. The minimum Gasteiger partial charge on any atom is -0.282 e. The van der Waals surface area contributed by atoms with E-state index in [0.29, 0.717) is 26.2 Å². The van der Waals surface area contributed by atoms with E-state index in [-0.39, 0.29) is 6.04 Å². The smallest absolute Gasteiger partial charge is 0.281 e. The Morgan fingerprint density at radius 3 is 2.19 bits per heavy atom. The fourth-order valence-corrected chi connectivity index (χ4v) is 3.51. The van der Waals surface area contributed by atoms with Crippen LogP contribution in [0.2, 0.25) is 0 Å². The second-order valence-electron chi connectivity index (χ2n) is 5.17. The van der Waals surface area contributed by atoms with Crippen LogP contribution in [0.4, 0.5) is 0 Å². The minimum atomic E-state index is -3.36. The molecule has 0 spiro atoms. The van der Waals surface area contributed by atoms with E-state index < -0.39 is 10.2 Å². The van der Waals surface area contributed by atoms with Gasteiger partial charge in [0.05, 0.1) is 6.07 Å². The molecule has 0 aliphatic carbocycles. The van der Waals surface area contributed by atoms with Crippen molar-refractivity contribution in [1.82, 2.24) is 13.5 Å². The average Bonchev–Trinajstić information content (AvgIpc) is 2.49. The quantitative estimate of drug-likeness (QED) is 0.820. The molecule has 114 valence electrons. The van der Waals surface area contributed by atoms with Crippen molar-refractivity contribution >= 4 is 10.2 Å². The molecule has 1 aliphatic rings. The maximum atomic E-state index is 12.1. The summed E-state index contributed by atoms with van der Waals surface area (Å²) in [7, 11) is -0.300. The van der Waals surface area contributed by atoms with E-state index in [2.05, 4.69) is 6.07 Å². The Hall–Kier alpha value is -1.46. The van der Waals surface area contributed by atoms with Crippen molar-refractivity contribution in [3.8, 4) is 6.07 Å². The van der Waals surface area contributed by atoms with E-state index in [1.54, 1.807) is 0 Å². The monoisotopic (exact) mass is 308 g/mol. The zero-order valence-corrected chi connectivity index (χ0v) is 13.1. The Labute approximate surface area is 126 Å². The van der Waals surface area contributed by atoms with Crippen LogP contribution >= 0.6 is 0 Å². The zero-order chi connectivity index (χ0) is 15.5. The lowest BCUT2D eigenvalue weighted by atomic mass is 10.1. The number of nitrogens with zero attached hydrogens (tertiary/aromatic N) is 4. The lowest BCUT2D eigenvalue weighted by molar-refractivity contribution is 0.159. The maximum absolute atomic E-state index is 12.1. The van der Waals surface area contributed by atoms with Gasteiger partial charge in [0.25, 0.3) is 10.2 Å². The van der Waals surface area contributed by atoms with Crippen molar-refractivity contribution in [1.29, 1.82) is 5.26 Å². The molecule has 1 heterocycles. The molecular weight excluding hydrogens is 288 g/mol. The first-order valence-electron chi connectivity index (χ1n) is 6.83. The number of nitriles is 1. The van der Waals surface area contributed by atoms with Crippen LogP contribution in [-0.4, -0.2) is 62.2 Å². The van der Waals surface area contributed by atoms with E-state index in [4.69, 9.17) is 0 Å². The van der Waals surface area contributed by atoms with Crippen LogP contribution in [0.1, 0.15) is 11.6 Å². The molecule has 1 aromatic carbocycles. The molecule has 7 heteroatoms. The molecule has 0 saturated carbocycles. The molecule has 0 radical (unpaired) electrons. The van der Waals surface area contributed by atoms with Crippen LogP contribution in [0.15, 0.2) is 30.3 Å². The molecular formula is C14H20N4O2S. The van der Waals surface area contributed by atoms with Gasteiger partial charge in [-0.05, 0) is 5.56 Å². The Morgan fingerprint density at radius 2 is 1.71 bits per heavy atom. The molecule has 0 unspecified atom stereocenters. The average molecular weight is 308 g/mol. The lowest BCUT2D eigenvalue weighted by Gasteiger charge is -2.37. The predicted molar refractivity (Wildman–Crippen MR) is 80.5 cm³/mol. The summed E-state index contributed by atoms with van der Waals surface area (Å²) in [6, 6.07) is 11.6. The topological polar surface area (TPSA) is 67.7 Å². The summed E-state index contributed by atoms with van der Waals surface area (Å²) in [5.41, 5.74) is 0.948. The standard InChI is InChI=1S/C14H20N4O2S/c1-16(2)21(19,20)18-10-8-17(9-11-18)14(12-15)13-6-4-3-5-7-13/h3-7,14H,8-11H2,1-2H3/t14-/m0/s1. The third-order valence-corrected chi connectivity index (χ3v) is 5.60. The second kappa shape index (κ2) is 6.54. The van der Waals surface area contributed by atoms with E-state index in [0.717, 1.165) is 5.56 Å². The molecule has 1 atom stereocenters.